The van der Waals surface area contributed by atoms with Crippen LogP contribution in [0.4, 0.5) is 5.13 Å². The largest absolute Gasteiger partial charge is 0.351 e. The lowest BCUT2D eigenvalue weighted by Crippen LogP contribution is -2.17. The van der Waals surface area contributed by atoms with Gasteiger partial charge >= 0.3 is 0 Å². The summed E-state index contributed by atoms with van der Waals surface area (Å²) in [5.74, 6) is -0.309. The van der Waals surface area contributed by atoms with Crippen LogP contribution in [0.15, 0.2) is 29.6 Å². The lowest BCUT2D eigenvalue weighted by Gasteiger charge is -2.00. The first-order chi connectivity index (χ1) is 13.4. The average Bonchev–Trinajstić information content (AvgIpc) is 3.39. The number of hydrogen-bond donors (Lipinski definition) is 2. The molecule has 0 aliphatic carbocycles. The zero-order valence-electron chi connectivity index (χ0n) is 15.4. The highest BCUT2D eigenvalue weighted by Crippen LogP contribution is 2.34. The maximum Gasteiger partial charge on any atom is 0.226 e. The van der Waals surface area contributed by atoms with Gasteiger partial charge in [0.1, 0.15) is 0 Å². The molecule has 3 aromatic heterocycles. The molecule has 2 N–H and O–H groups in total. The van der Waals surface area contributed by atoms with Crippen LogP contribution >= 0.6 is 34.0 Å². The van der Waals surface area contributed by atoms with Crippen LogP contribution in [0.25, 0.3) is 10.6 Å². The number of carbonyl (C=O) groups excluding carboxylic acids is 3. The van der Waals surface area contributed by atoms with Crippen molar-refractivity contribution < 1.29 is 14.4 Å². The molecule has 0 radical (unpaired) electrons. The Morgan fingerprint density at radius 1 is 1.11 bits per heavy atom. The molecule has 2 amide bonds. The third kappa shape index (κ3) is 5.34. The van der Waals surface area contributed by atoms with Gasteiger partial charge in [0.25, 0.3) is 0 Å². The van der Waals surface area contributed by atoms with Gasteiger partial charge in [0.2, 0.25) is 11.8 Å². The maximum atomic E-state index is 12.2. The molecule has 0 fully saturated rings. The predicted molar refractivity (Wildman–Crippen MR) is 114 cm³/mol. The van der Waals surface area contributed by atoms with Crippen molar-refractivity contribution in [1.29, 1.82) is 0 Å². The van der Waals surface area contributed by atoms with Crippen molar-refractivity contribution in [3.05, 3.63) is 44.3 Å². The summed E-state index contributed by atoms with van der Waals surface area (Å²) in [5, 5.41) is 7.94. The number of aromatic nitrogens is 1. The number of aryl methyl sites for hydroxylation is 1. The van der Waals surface area contributed by atoms with Crippen LogP contribution in [0.3, 0.4) is 0 Å². The summed E-state index contributed by atoms with van der Waals surface area (Å²) < 4.78 is 0. The molecule has 0 saturated heterocycles. The van der Waals surface area contributed by atoms with E-state index in [1.165, 1.54) is 29.6 Å². The molecule has 3 heterocycles. The number of anilines is 1. The summed E-state index contributed by atoms with van der Waals surface area (Å²) in [4.78, 5) is 43.4. The second-order valence-electron chi connectivity index (χ2n) is 6.05. The number of Topliss-reactive ketones (excluding diaryl/α,β-unsaturated/α-hetero) is 1. The van der Waals surface area contributed by atoms with Crippen LogP contribution in [0, 0.1) is 6.92 Å². The van der Waals surface area contributed by atoms with Gasteiger partial charge in [0, 0.05) is 29.5 Å². The van der Waals surface area contributed by atoms with E-state index in [0.717, 1.165) is 20.3 Å². The molecule has 6 nitrogen and oxygen atoms in total. The second kappa shape index (κ2) is 9.22. The first-order valence-electron chi connectivity index (χ1n) is 8.60. The molecule has 0 spiro atoms. The summed E-state index contributed by atoms with van der Waals surface area (Å²) in [6, 6.07) is 7.52. The van der Waals surface area contributed by atoms with Gasteiger partial charge in [0.05, 0.1) is 22.0 Å². The van der Waals surface area contributed by atoms with E-state index in [-0.39, 0.29) is 30.4 Å². The Kier molecular flexibility index (Phi) is 6.71. The summed E-state index contributed by atoms with van der Waals surface area (Å²) in [7, 11) is 0. The van der Waals surface area contributed by atoms with Crippen molar-refractivity contribution in [2.75, 3.05) is 5.32 Å². The Balaban J connectivity index is 1.58. The van der Waals surface area contributed by atoms with Gasteiger partial charge in [-0.2, -0.15) is 0 Å². The number of carbonyl (C=O) groups is 3. The minimum absolute atomic E-state index is 0.0218. The normalized spacial score (nSPS) is 10.6. The fraction of sp³-hybridized carbons (Fsp3) is 0.263. The Labute approximate surface area is 174 Å². The summed E-state index contributed by atoms with van der Waals surface area (Å²) in [6.45, 7) is 3.93. The lowest BCUT2D eigenvalue weighted by atomic mass is 10.2. The molecule has 0 unspecified atom stereocenters. The third-order valence-electron chi connectivity index (χ3n) is 3.82. The van der Waals surface area contributed by atoms with Crippen molar-refractivity contribution in [2.45, 2.75) is 33.2 Å². The van der Waals surface area contributed by atoms with E-state index >= 15 is 0 Å². The van der Waals surface area contributed by atoms with Crippen LogP contribution < -0.4 is 10.6 Å². The van der Waals surface area contributed by atoms with Gasteiger partial charge in [0.15, 0.2) is 10.9 Å². The van der Waals surface area contributed by atoms with E-state index in [4.69, 9.17) is 0 Å². The number of rotatable bonds is 8. The van der Waals surface area contributed by atoms with Crippen molar-refractivity contribution in [1.82, 2.24) is 10.3 Å². The van der Waals surface area contributed by atoms with Gasteiger partial charge in [-0.3, -0.25) is 14.4 Å². The zero-order valence-corrected chi connectivity index (χ0v) is 17.9. The van der Waals surface area contributed by atoms with E-state index in [1.807, 2.05) is 30.5 Å². The number of nitrogens with zero attached hydrogens (tertiary/aromatic N) is 1. The molecule has 0 atom stereocenters. The summed E-state index contributed by atoms with van der Waals surface area (Å²) in [5.41, 5.74) is 0.828. The molecule has 3 rings (SSSR count). The van der Waals surface area contributed by atoms with Crippen LogP contribution in [0.2, 0.25) is 0 Å². The fourth-order valence-electron chi connectivity index (χ4n) is 2.46. The first kappa shape index (κ1) is 20.4. The van der Waals surface area contributed by atoms with Crippen molar-refractivity contribution in [3.63, 3.8) is 0 Å². The van der Waals surface area contributed by atoms with Crippen molar-refractivity contribution in [2.24, 2.45) is 0 Å². The summed E-state index contributed by atoms with van der Waals surface area (Å²) >= 11 is 4.35. The Morgan fingerprint density at radius 3 is 2.64 bits per heavy atom. The molecular formula is C19H19N3O3S3. The number of thiophene rings is 2. The molecule has 0 bridgehead atoms. The quantitative estimate of drug-likeness (QED) is 0.513. The van der Waals surface area contributed by atoms with E-state index in [1.54, 1.807) is 17.4 Å². The van der Waals surface area contributed by atoms with Crippen LogP contribution in [0.1, 0.15) is 39.2 Å². The number of nitrogens with one attached hydrogen (secondary N) is 2. The Hall–Kier alpha value is -2.36. The van der Waals surface area contributed by atoms with Gasteiger partial charge in [-0.15, -0.1) is 34.0 Å². The lowest BCUT2D eigenvalue weighted by molar-refractivity contribution is -0.119. The van der Waals surface area contributed by atoms with Gasteiger partial charge in [-0.1, -0.05) is 6.07 Å². The molecule has 0 saturated carbocycles. The first-order valence-corrected chi connectivity index (χ1v) is 11.1. The second-order valence-corrected chi connectivity index (χ2v) is 9.37. The van der Waals surface area contributed by atoms with Gasteiger partial charge in [-0.25, -0.2) is 4.98 Å². The van der Waals surface area contributed by atoms with Crippen molar-refractivity contribution >= 4 is 56.7 Å². The minimum atomic E-state index is -0.220. The minimum Gasteiger partial charge on any atom is -0.351 e. The smallest absolute Gasteiger partial charge is 0.226 e. The van der Waals surface area contributed by atoms with E-state index in [0.29, 0.717) is 16.6 Å². The fourth-order valence-corrected chi connectivity index (χ4v) is 5.06. The van der Waals surface area contributed by atoms with E-state index in [9.17, 15) is 14.4 Å². The van der Waals surface area contributed by atoms with E-state index < -0.39 is 0 Å². The standard InChI is InChI=1S/C19H19N3O3S3/c1-11-18(16-7-5-13(28-16)10-20-12(2)23)22-19(27-11)21-17(25)8-6-14(24)15-4-3-9-26-15/h3-5,7,9H,6,8,10H2,1-2H3,(H,20,23)(H,21,22,25). The molecular weight excluding hydrogens is 414 g/mol. The topological polar surface area (TPSA) is 88.2 Å². The highest BCUT2D eigenvalue weighted by molar-refractivity contribution is 7.18. The maximum absolute atomic E-state index is 12.2. The monoisotopic (exact) mass is 433 g/mol. The Bertz CT molecular complexity index is 989. The summed E-state index contributed by atoms with van der Waals surface area (Å²) in [6.07, 6.45) is 0.311. The van der Waals surface area contributed by atoms with Crippen LogP contribution in [0.5, 0.6) is 0 Å². The van der Waals surface area contributed by atoms with Gasteiger partial charge < -0.3 is 10.6 Å². The molecule has 0 aliphatic rings. The Morgan fingerprint density at radius 2 is 1.93 bits per heavy atom. The molecule has 3 aromatic rings. The molecule has 0 aromatic carbocycles. The zero-order chi connectivity index (χ0) is 20.1. The molecule has 28 heavy (non-hydrogen) atoms. The highest BCUT2D eigenvalue weighted by Gasteiger charge is 2.15. The van der Waals surface area contributed by atoms with Gasteiger partial charge in [-0.05, 0) is 30.5 Å². The number of hydrogen-bond acceptors (Lipinski definition) is 7. The highest BCUT2D eigenvalue weighted by atomic mass is 32.1. The third-order valence-corrected chi connectivity index (χ3v) is 6.71. The predicted octanol–water partition coefficient (Wildman–Crippen LogP) is 4.48. The van der Waals surface area contributed by atoms with Crippen LogP contribution in [-0.4, -0.2) is 22.6 Å². The number of thiazole rings is 1. The SMILES string of the molecule is CC(=O)NCc1ccc(-c2nc(NC(=O)CCC(=O)c3cccs3)sc2C)s1. The average molecular weight is 434 g/mol. The van der Waals surface area contributed by atoms with E-state index in [2.05, 4.69) is 15.6 Å². The number of ketones is 1. The number of amides is 2. The van der Waals surface area contributed by atoms with Crippen molar-refractivity contribution in [3.8, 4) is 10.6 Å². The molecule has 9 heteroatoms. The van der Waals surface area contributed by atoms with Crippen LogP contribution in [-0.2, 0) is 16.1 Å². The molecule has 146 valence electrons. The molecule has 0 aliphatic heterocycles.